The highest BCUT2D eigenvalue weighted by Gasteiger charge is 2.11. The number of aromatic nitrogens is 2. The minimum Gasteiger partial charge on any atom is -0.296 e. The molecule has 1 heterocycles. The number of carbonyl (C=O) groups excluding carboxylic acids is 1. The van der Waals surface area contributed by atoms with Gasteiger partial charge in [0.15, 0.2) is 0 Å². The third-order valence-electron chi connectivity index (χ3n) is 2.42. The maximum Gasteiger partial charge on any atom is 0.257 e. The highest BCUT2D eigenvalue weighted by Crippen LogP contribution is 2.17. The van der Waals surface area contributed by atoms with E-state index in [2.05, 4.69) is 15.5 Å². The Balaban J connectivity index is 2.14. The second kappa shape index (κ2) is 5.22. The van der Waals surface area contributed by atoms with Crippen molar-refractivity contribution in [2.75, 3.05) is 5.32 Å². The van der Waals surface area contributed by atoms with Crippen molar-refractivity contribution < 1.29 is 9.18 Å². The molecule has 1 amide bonds. The fourth-order valence-corrected chi connectivity index (χ4v) is 2.02. The van der Waals surface area contributed by atoms with Crippen LogP contribution in [0.1, 0.15) is 27.9 Å². The van der Waals surface area contributed by atoms with E-state index in [4.69, 9.17) is 0 Å². The van der Waals surface area contributed by atoms with Crippen LogP contribution >= 0.6 is 11.3 Å². The molecule has 0 bridgehead atoms. The number of amides is 1. The molecule has 0 unspecified atom stereocenters. The number of aryl methyl sites for hydroxylation is 2. The molecule has 0 aliphatic carbocycles. The standard InChI is InChI=1S/C12H12FN3OS/c1-3-10-15-16-12(18-10)14-11(17)8-5-4-7(2)9(13)6-8/h4-6H,3H2,1-2H3,(H,14,16,17). The quantitative estimate of drug-likeness (QED) is 0.928. The van der Waals surface area contributed by atoms with E-state index in [-0.39, 0.29) is 11.5 Å². The summed E-state index contributed by atoms with van der Waals surface area (Å²) in [5.74, 6) is -0.776. The van der Waals surface area contributed by atoms with E-state index < -0.39 is 5.82 Å². The lowest BCUT2D eigenvalue weighted by Gasteiger charge is -2.02. The van der Waals surface area contributed by atoms with Gasteiger partial charge in [-0.3, -0.25) is 10.1 Å². The van der Waals surface area contributed by atoms with Crippen molar-refractivity contribution in [3.63, 3.8) is 0 Å². The topological polar surface area (TPSA) is 54.9 Å². The summed E-state index contributed by atoms with van der Waals surface area (Å²) in [4.78, 5) is 11.8. The van der Waals surface area contributed by atoms with Crippen LogP contribution in [-0.4, -0.2) is 16.1 Å². The van der Waals surface area contributed by atoms with E-state index in [0.717, 1.165) is 11.4 Å². The van der Waals surface area contributed by atoms with Crippen LogP contribution in [0.5, 0.6) is 0 Å². The number of hydrogen-bond donors (Lipinski definition) is 1. The Morgan fingerprint density at radius 1 is 1.44 bits per heavy atom. The molecular weight excluding hydrogens is 253 g/mol. The van der Waals surface area contributed by atoms with Gasteiger partial charge in [0, 0.05) is 5.56 Å². The molecule has 94 valence electrons. The summed E-state index contributed by atoms with van der Waals surface area (Å²) in [6.45, 7) is 3.61. The molecule has 0 aliphatic rings. The highest BCUT2D eigenvalue weighted by atomic mass is 32.1. The third kappa shape index (κ3) is 2.70. The molecule has 1 aromatic heterocycles. The summed E-state index contributed by atoms with van der Waals surface area (Å²) >= 11 is 1.32. The van der Waals surface area contributed by atoms with Crippen LogP contribution in [0.15, 0.2) is 18.2 Å². The minimum absolute atomic E-state index is 0.270. The number of halogens is 1. The first-order valence-electron chi connectivity index (χ1n) is 5.50. The van der Waals surface area contributed by atoms with E-state index in [1.165, 1.54) is 17.4 Å². The summed E-state index contributed by atoms with van der Waals surface area (Å²) in [6, 6.07) is 4.36. The summed E-state index contributed by atoms with van der Waals surface area (Å²) in [6.07, 6.45) is 0.771. The number of nitrogens with one attached hydrogen (secondary N) is 1. The zero-order chi connectivity index (χ0) is 13.1. The van der Waals surface area contributed by atoms with Crippen molar-refractivity contribution in [2.45, 2.75) is 20.3 Å². The minimum atomic E-state index is -0.394. The number of anilines is 1. The fourth-order valence-electron chi connectivity index (χ4n) is 1.35. The van der Waals surface area contributed by atoms with Crippen molar-refractivity contribution in [3.8, 4) is 0 Å². The molecule has 0 radical (unpaired) electrons. The second-order valence-electron chi connectivity index (χ2n) is 3.77. The van der Waals surface area contributed by atoms with Crippen molar-refractivity contribution >= 4 is 22.4 Å². The van der Waals surface area contributed by atoms with Crippen molar-refractivity contribution in [1.82, 2.24) is 10.2 Å². The van der Waals surface area contributed by atoms with Gasteiger partial charge in [0.2, 0.25) is 5.13 Å². The van der Waals surface area contributed by atoms with E-state index in [0.29, 0.717) is 10.7 Å². The van der Waals surface area contributed by atoms with Gasteiger partial charge in [-0.15, -0.1) is 10.2 Å². The van der Waals surface area contributed by atoms with Gasteiger partial charge in [-0.2, -0.15) is 0 Å². The number of benzene rings is 1. The molecule has 0 aliphatic heterocycles. The van der Waals surface area contributed by atoms with Gasteiger partial charge in [0.1, 0.15) is 10.8 Å². The van der Waals surface area contributed by atoms with Crippen molar-refractivity contribution in [3.05, 3.63) is 40.2 Å². The third-order valence-corrected chi connectivity index (χ3v) is 3.41. The molecule has 0 atom stereocenters. The lowest BCUT2D eigenvalue weighted by Crippen LogP contribution is -2.12. The van der Waals surface area contributed by atoms with Gasteiger partial charge >= 0.3 is 0 Å². The van der Waals surface area contributed by atoms with Gasteiger partial charge in [-0.05, 0) is 31.0 Å². The van der Waals surface area contributed by atoms with Crippen LogP contribution in [-0.2, 0) is 6.42 Å². The summed E-state index contributed by atoms with van der Waals surface area (Å²) in [5, 5.41) is 11.6. The molecule has 0 fully saturated rings. The van der Waals surface area contributed by atoms with Crippen LogP contribution in [0.25, 0.3) is 0 Å². The normalized spacial score (nSPS) is 10.4. The van der Waals surface area contributed by atoms with Gasteiger partial charge in [-0.25, -0.2) is 4.39 Å². The molecule has 2 aromatic rings. The van der Waals surface area contributed by atoms with Gasteiger partial charge in [-0.1, -0.05) is 24.3 Å². The van der Waals surface area contributed by atoms with E-state index in [9.17, 15) is 9.18 Å². The Morgan fingerprint density at radius 2 is 2.22 bits per heavy atom. The average Bonchev–Trinajstić information content (AvgIpc) is 2.80. The lowest BCUT2D eigenvalue weighted by atomic mass is 10.1. The molecule has 0 spiro atoms. The fraction of sp³-hybridized carbons (Fsp3) is 0.250. The van der Waals surface area contributed by atoms with Gasteiger partial charge < -0.3 is 0 Å². The molecule has 18 heavy (non-hydrogen) atoms. The Bertz CT molecular complexity index is 582. The number of hydrogen-bond acceptors (Lipinski definition) is 4. The lowest BCUT2D eigenvalue weighted by molar-refractivity contribution is 0.102. The molecular formula is C12H12FN3OS. The maximum atomic E-state index is 13.3. The summed E-state index contributed by atoms with van der Waals surface area (Å²) in [7, 11) is 0. The predicted octanol–water partition coefficient (Wildman–Crippen LogP) is 2.80. The number of rotatable bonds is 3. The van der Waals surface area contributed by atoms with Crippen molar-refractivity contribution in [1.29, 1.82) is 0 Å². The van der Waals surface area contributed by atoms with E-state index in [1.807, 2.05) is 6.92 Å². The van der Waals surface area contributed by atoms with Crippen LogP contribution < -0.4 is 5.32 Å². The monoisotopic (exact) mass is 265 g/mol. The second-order valence-corrected chi connectivity index (χ2v) is 4.83. The zero-order valence-electron chi connectivity index (χ0n) is 10.0. The smallest absolute Gasteiger partial charge is 0.257 e. The summed E-state index contributed by atoms with van der Waals surface area (Å²) in [5.41, 5.74) is 0.780. The Hall–Kier alpha value is -1.82. The van der Waals surface area contributed by atoms with Crippen molar-refractivity contribution in [2.24, 2.45) is 0 Å². The Kier molecular flexibility index (Phi) is 3.66. The first kappa shape index (κ1) is 12.6. The van der Waals surface area contributed by atoms with E-state index >= 15 is 0 Å². The van der Waals surface area contributed by atoms with Crippen LogP contribution in [0.2, 0.25) is 0 Å². The Morgan fingerprint density at radius 3 is 2.83 bits per heavy atom. The maximum absolute atomic E-state index is 13.3. The molecule has 0 saturated heterocycles. The van der Waals surface area contributed by atoms with Gasteiger partial charge in [0.05, 0.1) is 0 Å². The van der Waals surface area contributed by atoms with E-state index in [1.54, 1.807) is 19.1 Å². The van der Waals surface area contributed by atoms with Crippen LogP contribution in [0.4, 0.5) is 9.52 Å². The first-order valence-corrected chi connectivity index (χ1v) is 6.31. The van der Waals surface area contributed by atoms with Gasteiger partial charge in [0.25, 0.3) is 5.91 Å². The van der Waals surface area contributed by atoms with Crippen LogP contribution in [0, 0.1) is 12.7 Å². The zero-order valence-corrected chi connectivity index (χ0v) is 10.8. The number of nitrogens with zero attached hydrogens (tertiary/aromatic N) is 2. The predicted molar refractivity (Wildman–Crippen MR) is 68.4 cm³/mol. The highest BCUT2D eigenvalue weighted by molar-refractivity contribution is 7.15. The number of carbonyl (C=O) groups is 1. The molecule has 2 rings (SSSR count). The average molecular weight is 265 g/mol. The first-order chi connectivity index (χ1) is 8.60. The summed E-state index contributed by atoms with van der Waals surface area (Å²) < 4.78 is 13.3. The molecule has 1 N–H and O–H groups in total. The molecule has 4 nitrogen and oxygen atoms in total. The SMILES string of the molecule is CCc1nnc(NC(=O)c2ccc(C)c(F)c2)s1. The largest absolute Gasteiger partial charge is 0.296 e. The molecule has 0 saturated carbocycles. The van der Waals surface area contributed by atoms with Crippen LogP contribution in [0.3, 0.4) is 0 Å². The molecule has 6 heteroatoms. The Labute approximate surface area is 108 Å². The molecule has 1 aromatic carbocycles.